The van der Waals surface area contributed by atoms with Crippen LogP contribution in [0.25, 0.3) is 0 Å². The van der Waals surface area contributed by atoms with Gasteiger partial charge in [-0.05, 0) is 30.7 Å². The van der Waals surface area contributed by atoms with Crippen molar-refractivity contribution in [3.63, 3.8) is 0 Å². The van der Waals surface area contributed by atoms with Gasteiger partial charge in [-0.15, -0.1) is 0 Å². The lowest BCUT2D eigenvalue weighted by molar-refractivity contribution is 0.609. The maximum Gasteiger partial charge on any atom is 0.224 e. The van der Waals surface area contributed by atoms with Crippen LogP contribution in [0.15, 0.2) is 12.3 Å². The van der Waals surface area contributed by atoms with Crippen LogP contribution < -0.4 is 10.6 Å². The second kappa shape index (κ2) is 4.68. The Balaban J connectivity index is 1.88. The smallest absolute Gasteiger partial charge is 0.224 e. The zero-order chi connectivity index (χ0) is 11.4. The van der Waals surface area contributed by atoms with Crippen molar-refractivity contribution >= 4 is 11.8 Å². The monoisotopic (exact) mass is 220 g/mol. The molecule has 16 heavy (non-hydrogen) atoms. The van der Waals surface area contributed by atoms with Crippen LogP contribution in [-0.4, -0.2) is 23.1 Å². The Labute approximate surface area is 96.9 Å². The molecular formula is C12H20N4. The number of aromatic nitrogens is 2. The van der Waals surface area contributed by atoms with E-state index in [-0.39, 0.29) is 0 Å². The molecule has 0 unspecified atom stereocenters. The zero-order valence-electron chi connectivity index (χ0n) is 10.1. The normalized spacial score (nSPS) is 16.9. The first-order chi connectivity index (χ1) is 7.72. The maximum absolute atomic E-state index is 4.41. The minimum Gasteiger partial charge on any atom is -0.369 e. The van der Waals surface area contributed by atoms with E-state index < -0.39 is 0 Å². The van der Waals surface area contributed by atoms with Gasteiger partial charge in [0.1, 0.15) is 5.82 Å². The molecule has 0 aromatic carbocycles. The number of hydrogen-bond donors (Lipinski definition) is 2. The first-order valence-corrected chi connectivity index (χ1v) is 6.03. The predicted molar refractivity (Wildman–Crippen MR) is 66.6 cm³/mol. The van der Waals surface area contributed by atoms with Crippen LogP contribution in [-0.2, 0) is 0 Å². The molecule has 0 bridgehead atoms. The lowest BCUT2D eigenvalue weighted by atomic mass is 10.1. The summed E-state index contributed by atoms with van der Waals surface area (Å²) >= 11 is 0. The summed E-state index contributed by atoms with van der Waals surface area (Å²) in [5, 5.41) is 6.56. The third-order valence-corrected chi connectivity index (χ3v) is 2.99. The van der Waals surface area contributed by atoms with E-state index in [1.54, 1.807) is 6.20 Å². The average molecular weight is 220 g/mol. The lowest BCUT2D eigenvalue weighted by Crippen LogP contribution is -2.13. The number of nitrogens with one attached hydrogen (secondary N) is 2. The van der Waals surface area contributed by atoms with Crippen molar-refractivity contribution in [1.29, 1.82) is 0 Å². The molecule has 1 aliphatic carbocycles. The molecule has 0 saturated heterocycles. The highest BCUT2D eigenvalue weighted by molar-refractivity contribution is 5.39. The van der Waals surface area contributed by atoms with Gasteiger partial charge < -0.3 is 10.6 Å². The highest BCUT2D eigenvalue weighted by Crippen LogP contribution is 2.44. The van der Waals surface area contributed by atoms with E-state index in [0.717, 1.165) is 25.3 Å². The zero-order valence-corrected chi connectivity index (χ0v) is 10.1. The van der Waals surface area contributed by atoms with Crippen molar-refractivity contribution in [3.05, 3.63) is 12.3 Å². The molecule has 1 heterocycles. The molecular weight excluding hydrogens is 200 g/mol. The van der Waals surface area contributed by atoms with Gasteiger partial charge in [-0.1, -0.05) is 13.8 Å². The van der Waals surface area contributed by atoms with Gasteiger partial charge in [-0.3, -0.25) is 0 Å². The highest BCUT2D eigenvalue weighted by Gasteiger charge is 2.36. The topological polar surface area (TPSA) is 49.8 Å². The molecule has 1 fully saturated rings. The van der Waals surface area contributed by atoms with Gasteiger partial charge >= 0.3 is 0 Å². The van der Waals surface area contributed by atoms with Crippen LogP contribution in [0.2, 0.25) is 0 Å². The minimum absolute atomic E-state index is 0.502. The highest BCUT2D eigenvalue weighted by atomic mass is 15.1. The third kappa shape index (κ3) is 3.08. The standard InChI is InChI=1S/C12H20N4/c1-3-7-13-11-14-8-4-10(16-11)15-9-12(2)5-6-12/h4,8H,3,5-7,9H2,1-2H3,(H2,13,14,15,16). The van der Waals surface area contributed by atoms with Crippen LogP contribution in [0.5, 0.6) is 0 Å². The molecule has 1 aromatic rings. The van der Waals surface area contributed by atoms with E-state index >= 15 is 0 Å². The van der Waals surface area contributed by atoms with E-state index in [1.807, 2.05) is 6.07 Å². The molecule has 1 saturated carbocycles. The van der Waals surface area contributed by atoms with Crippen LogP contribution in [0, 0.1) is 5.41 Å². The van der Waals surface area contributed by atoms with E-state index in [0.29, 0.717) is 11.4 Å². The summed E-state index contributed by atoms with van der Waals surface area (Å²) in [6.07, 6.45) is 5.53. The van der Waals surface area contributed by atoms with Crippen molar-refractivity contribution in [1.82, 2.24) is 9.97 Å². The summed E-state index contributed by atoms with van der Waals surface area (Å²) in [4.78, 5) is 8.58. The van der Waals surface area contributed by atoms with Crippen LogP contribution in [0.3, 0.4) is 0 Å². The number of nitrogens with zero attached hydrogens (tertiary/aromatic N) is 2. The Morgan fingerprint density at radius 1 is 1.38 bits per heavy atom. The molecule has 1 aromatic heterocycles. The fourth-order valence-corrected chi connectivity index (χ4v) is 1.47. The number of rotatable bonds is 6. The largest absolute Gasteiger partial charge is 0.369 e. The molecule has 0 atom stereocenters. The molecule has 1 aliphatic rings. The van der Waals surface area contributed by atoms with Crippen molar-refractivity contribution in [2.24, 2.45) is 5.41 Å². The Bertz CT molecular complexity index is 347. The Morgan fingerprint density at radius 2 is 2.19 bits per heavy atom. The van der Waals surface area contributed by atoms with Crippen molar-refractivity contribution < 1.29 is 0 Å². The molecule has 0 amide bonds. The summed E-state index contributed by atoms with van der Waals surface area (Å²) in [7, 11) is 0. The predicted octanol–water partition coefficient (Wildman–Crippen LogP) is 2.51. The van der Waals surface area contributed by atoms with E-state index in [2.05, 4.69) is 34.4 Å². The van der Waals surface area contributed by atoms with Crippen molar-refractivity contribution in [3.8, 4) is 0 Å². The van der Waals surface area contributed by atoms with Gasteiger partial charge in [0.05, 0.1) is 0 Å². The maximum atomic E-state index is 4.41. The lowest BCUT2D eigenvalue weighted by Gasteiger charge is -2.11. The van der Waals surface area contributed by atoms with Crippen LogP contribution in [0.1, 0.15) is 33.1 Å². The van der Waals surface area contributed by atoms with Crippen molar-refractivity contribution in [2.45, 2.75) is 33.1 Å². The van der Waals surface area contributed by atoms with Gasteiger partial charge in [-0.2, -0.15) is 4.98 Å². The first kappa shape index (κ1) is 11.2. The van der Waals surface area contributed by atoms with E-state index in [9.17, 15) is 0 Å². The van der Waals surface area contributed by atoms with Crippen LogP contribution in [0.4, 0.5) is 11.8 Å². The second-order valence-electron chi connectivity index (χ2n) is 4.86. The molecule has 4 heteroatoms. The minimum atomic E-state index is 0.502. The molecule has 88 valence electrons. The van der Waals surface area contributed by atoms with E-state index in [4.69, 9.17) is 0 Å². The van der Waals surface area contributed by atoms with Crippen molar-refractivity contribution in [2.75, 3.05) is 23.7 Å². The summed E-state index contributed by atoms with van der Waals surface area (Å²) in [5.74, 6) is 1.63. The van der Waals surface area contributed by atoms with Crippen LogP contribution >= 0.6 is 0 Å². The molecule has 2 rings (SSSR count). The second-order valence-corrected chi connectivity index (χ2v) is 4.86. The third-order valence-electron chi connectivity index (χ3n) is 2.99. The SMILES string of the molecule is CCCNc1nccc(NCC2(C)CC2)n1. The number of hydrogen-bond acceptors (Lipinski definition) is 4. The molecule has 0 aliphatic heterocycles. The van der Waals surface area contributed by atoms with Gasteiger partial charge in [0.2, 0.25) is 5.95 Å². The first-order valence-electron chi connectivity index (χ1n) is 6.03. The Kier molecular flexibility index (Phi) is 3.27. The molecule has 2 N–H and O–H groups in total. The van der Waals surface area contributed by atoms with E-state index in [1.165, 1.54) is 12.8 Å². The molecule has 0 spiro atoms. The Hall–Kier alpha value is -1.32. The van der Waals surface area contributed by atoms with Gasteiger partial charge in [0.25, 0.3) is 0 Å². The Morgan fingerprint density at radius 3 is 2.88 bits per heavy atom. The molecule has 0 radical (unpaired) electrons. The average Bonchev–Trinajstić information content (AvgIpc) is 3.03. The molecule has 4 nitrogen and oxygen atoms in total. The summed E-state index contributed by atoms with van der Waals surface area (Å²) in [5.41, 5.74) is 0.502. The fraction of sp³-hybridized carbons (Fsp3) is 0.667. The quantitative estimate of drug-likeness (QED) is 0.773. The number of anilines is 2. The van der Waals surface area contributed by atoms with Gasteiger partial charge in [0, 0.05) is 19.3 Å². The van der Waals surface area contributed by atoms with Gasteiger partial charge in [0.15, 0.2) is 0 Å². The summed E-state index contributed by atoms with van der Waals surface area (Å²) in [6.45, 7) is 6.36. The van der Waals surface area contributed by atoms with Gasteiger partial charge in [-0.25, -0.2) is 4.98 Å². The summed E-state index contributed by atoms with van der Waals surface area (Å²) < 4.78 is 0. The fourth-order valence-electron chi connectivity index (χ4n) is 1.47. The summed E-state index contributed by atoms with van der Waals surface area (Å²) in [6, 6.07) is 1.92.